The standard InChI is InChI=1S/C12H18N3.W/c1-2-3-4-5-14-6-8-15(9-7-14)12-10-13-11-12;/h1-4,12-13H,6-11H2;/q-1;/b3-2-;. The molecule has 16 heavy (non-hydrogen) atoms. The van der Waals surface area contributed by atoms with Crippen molar-refractivity contribution in [1.29, 1.82) is 0 Å². The van der Waals surface area contributed by atoms with Gasteiger partial charge in [0.05, 0.1) is 0 Å². The van der Waals surface area contributed by atoms with Crippen molar-refractivity contribution >= 4 is 4.40 Å². The van der Waals surface area contributed by atoms with E-state index in [0.29, 0.717) is 0 Å². The van der Waals surface area contributed by atoms with E-state index in [2.05, 4.69) is 37.9 Å². The molecule has 0 aliphatic carbocycles. The minimum atomic E-state index is 0.795. The Hall–Kier alpha value is -0.242. The molecule has 3 nitrogen and oxygen atoms in total. The van der Waals surface area contributed by atoms with Gasteiger partial charge in [0.15, 0.2) is 0 Å². The van der Waals surface area contributed by atoms with Crippen LogP contribution in [0.15, 0.2) is 18.2 Å². The summed E-state index contributed by atoms with van der Waals surface area (Å²) < 4.78 is 2.11. The molecule has 4 heteroatoms. The van der Waals surface area contributed by atoms with Crippen molar-refractivity contribution in [2.45, 2.75) is 6.04 Å². The first kappa shape index (κ1) is 12.2. The van der Waals surface area contributed by atoms with Crippen LogP contribution in [0.2, 0.25) is 0 Å². The van der Waals surface area contributed by atoms with Crippen LogP contribution in [-0.4, -0.2) is 59.5 Å². The number of nitrogens with zero attached hydrogens (tertiary/aromatic N) is 2. The monoisotopic (exact) mass is 388 g/mol. The van der Waals surface area contributed by atoms with Crippen LogP contribution < -0.4 is 5.32 Å². The third-order valence-corrected chi connectivity index (χ3v) is 3.70. The van der Waals surface area contributed by atoms with Gasteiger partial charge >= 0.3 is 109 Å². The van der Waals surface area contributed by atoms with E-state index < -0.39 is 0 Å². The molecular weight excluding hydrogens is 370 g/mol. The molecule has 0 aromatic heterocycles. The van der Waals surface area contributed by atoms with Gasteiger partial charge < -0.3 is 0 Å². The molecule has 0 spiro atoms. The summed E-state index contributed by atoms with van der Waals surface area (Å²) in [6.07, 6.45) is 9.45. The fourth-order valence-corrected chi connectivity index (χ4v) is 2.32. The van der Waals surface area contributed by atoms with Crippen molar-refractivity contribution in [2.75, 3.05) is 39.3 Å². The number of hydrogen-bond donors (Lipinski definition) is 1. The van der Waals surface area contributed by atoms with Crippen molar-refractivity contribution < 1.29 is 19.4 Å². The summed E-state index contributed by atoms with van der Waals surface area (Å²) in [6, 6.07) is 0.795. The molecule has 2 aliphatic heterocycles. The Bertz CT molecular complexity index is 276. The first-order chi connectivity index (χ1) is 7.90. The van der Waals surface area contributed by atoms with Crippen molar-refractivity contribution in [3.63, 3.8) is 0 Å². The number of allylic oxidation sites excluding steroid dienone is 3. The molecular formula is C12H18N3W-. The fraction of sp³-hybridized carbons (Fsp3) is 0.583. The maximum absolute atomic E-state index is 3.33. The van der Waals surface area contributed by atoms with E-state index >= 15 is 0 Å². The SMILES string of the molecule is [W]=[CH]/C=C\C=[C-]N1CCN(C2CNC2)CC1. The van der Waals surface area contributed by atoms with E-state index in [1.807, 2.05) is 6.08 Å². The van der Waals surface area contributed by atoms with E-state index in [0.717, 1.165) is 19.1 Å². The van der Waals surface area contributed by atoms with Crippen LogP contribution in [0.3, 0.4) is 0 Å². The first-order valence-corrected chi connectivity index (χ1v) is 7.49. The Morgan fingerprint density at radius 1 is 1.12 bits per heavy atom. The summed E-state index contributed by atoms with van der Waals surface area (Å²) in [5.74, 6) is 0. The van der Waals surface area contributed by atoms with E-state index in [4.69, 9.17) is 0 Å². The van der Waals surface area contributed by atoms with Crippen LogP contribution >= 0.6 is 0 Å². The normalized spacial score (nSPS) is 24.1. The quantitative estimate of drug-likeness (QED) is 0.532. The number of hydrogen-bond acceptors (Lipinski definition) is 3. The van der Waals surface area contributed by atoms with Gasteiger partial charge in [-0.1, -0.05) is 0 Å². The second-order valence-corrected chi connectivity index (χ2v) is 5.13. The summed E-state index contributed by atoms with van der Waals surface area (Å²) in [5, 5.41) is 3.33. The first-order valence-electron chi connectivity index (χ1n) is 5.79. The molecule has 0 aromatic rings. The van der Waals surface area contributed by atoms with Gasteiger partial charge in [-0.25, -0.2) is 0 Å². The Balaban J connectivity index is 1.70. The molecule has 1 N–H and O–H groups in total. The molecule has 2 fully saturated rings. The van der Waals surface area contributed by atoms with Crippen molar-refractivity contribution in [3.8, 4) is 0 Å². The summed E-state index contributed by atoms with van der Waals surface area (Å²) in [6.45, 7) is 6.94. The average Bonchev–Trinajstić information content (AvgIpc) is 2.24. The molecule has 88 valence electrons. The summed E-state index contributed by atoms with van der Waals surface area (Å²) in [5.41, 5.74) is 0. The third-order valence-electron chi connectivity index (χ3n) is 3.13. The third kappa shape index (κ3) is 3.38. The van der Waals surface area contributed by atoms with Crippen molar-refractivity contribution in [3.05, 3.63) is 24.4 Å². The molecule has 2 heterocycles. The second kappa shape index (κ2) is 6.48. The van der Waals surface area contributed by atoms with Crippen LogP contribution in [0.4, 0.5) is 0 Å². The molecule has 2 rings (SSSR count). The zero-order valence-corrected chi connectivity index (χ0v) is 12.4. The second-order valence-electron chi connectivity index (χ2n) is 4.15. The van der Waals surface area contributed by atoms with Gasteiger partial charge in [0, 0.05) is 0 Å². The molecule has 0 saturated carbocycles. The van der Waals surface area contributed by atoms with E-state index in [9.17, 15) is 0 Å². The van der Waals surface area contributed by atoms with Gasteiger partial charge in [-0.2, -0.15) is 0 Å². The summed E-state index contributed by atoms with van der Waals surface area (Å²) >= 11 is 1.49. The molecule has 0 radical (unpaired) electrons. The Labute approximate surface area is 109 Å². The van der Waals surface area contributed by atoms with Crippen LogP contribution in [0.1, 0.15) is 0 Å². The number of piperazine rings is 1. The van der Waals surface area contributed by atoms with Gasteiger partial charge in [0.2, 0.25) is 0 Å². The van der Waals surface area contributed by atoms with Gasteiger partial charge in [0.1, 0.15) is 0 Å². The molecule has 0 aromatic carbocycles. The van der Waals surface area contributed by atoms with Crippen molar-refractivity contribution in [2.24, 2.45) is 0 Å². The zero-order chi connectivity index (χ0) is 11.2. The number of rotatable bonds is 4. The van der Waals surface area contributed by atoms with Gasteiger partial charge in [-0.15, -0.1) is 0 Å². The average molecular weight is 388 g/mol. The van der Waals surface area contributed by atoms with Gasteiger partial charge in [-0.05, 0) is 0 Å². The van der Waals surface area contributed by atoms with E-state index in [-0.39, 0.29) is 0 Å². The Kier molecular flexibility index (Phi) is 4.95. The zero-order valence-electron chi connectivity index (χ0n) is 9.43. The molecule has 0 bridgehead atoms. The molecule has 2 aliphatic rings. The van der Waals surface area contributed by atoms with Crippen LogP contribution in [0, 0.1) is 6.20 Å². The fourth-order valence-electron chi connectivity index (χ4n) is 2.00. The summed E-state index contributed by atoms with van der Waals surface area (Å²) in [7, 11) is 0. The maximum atomic E-state index is 3.33. The van der Waals surface area contributed by atoms with E-state index in [1.54, 1.807) is 0 Å². The predicted octanol–water partition coefficient (Wildman–Crippen LogP) is -0.202. The van der Waals surface area contributed by atoms with Crippen LogP contribution in [-0.2, 0) is 19.4 Å². The topological polar surface area (TPSA) is 18.5 Å². The van der Waals surface area contributed by atoms with Gasteiger partial charge in [-0.3, -0.25) is 0 Å². The van der Waals surface area contributed by atoms with Crippen molar-refractivity contribution in [1.82, 2.24) is 15.1 Å². The number of nitrogens with one attached hydrogen (secondary N) is 1. The Morgan fingerprint density at radius 2 is 1.88 bits per heavy atom. The van der Waals surface area contributed by atoms with Crippen LogP contribution in [0.25, 0.3) is 0 Å². The van der Waals surface area contributed by atoms with Crippen LogP contribution in [0.5, 0.6) is 0 Å². The minimum absolute atomic E-state index is 0.795. The predicted molar refractivity (Wildman–Crippen MR) is 62.8 cm³/mol. The summed E-state index contributed by atoms with van der Waals surface area (Å²) in [4.78, 5) is 4.88. The molecule has 0 atom stereocenters. The molecule has 2 saturated heterocycles. The van der Waals surface area contributed by atoms with E-state index in [1.165, 1.54) is 45.5 Å². The Morgan fingerprint density at radius 3 is 2.44 bits per heavy atom. The van der Waals surface area contributed by atoms with Gasteiger partial charge in [0.25, 0.3) is 0 Å². The molecule has 0 amide bonds. The molecule has 0 unspecified atom stereocenters.